The maximum atomic E-state index is 11.8. The van der Waals surface area contributed by atoms with Crippen LogP contribution in [0, 0.1) is 5.41 Å². The molecule has 2 fully saturated rings. The molecule has 1 aromatic heterocycles. The number of hydrogen-bond donors (Lipinski definition) is 0. The summed E-state index contributed by atoms with van der Waals surface area (Å²) in [4.78, 5) is 20.2. The molecule has 2 saturated heterocycles. The van der Waals surface area contributed by atoms with Gasteiger partial charge in [-0.3, -0.25) is 9.69 Å². The number of carbonyl (C=O) groups is 1. The van der Waals surface area contributed by atoms with Crippen LogP contribution in [0.15, 0.2) is 11.6 Å². The minimum Gasteiger partial charge on any atom is -0.377 e. The Balaban J connectivity index is 1.62. The number of ether oxygens (including phenoxy) is 2. The van der Waals surface area contributed by atoms with Gasteiger partial charge in [0.25, 0.3) is 0 Å². The molecule has 0 saturated carbocycles. The number of fused-ring (bicyclic) bond motifs is 1. The normalized spacial score (nSPS) is 27.7. The van der Waals surface area contributed by atoms with Gasteiger partial charge < -0.3 is 14.4 Å². The summed E-state index contributed by atoms with van der Waals surface area (Å²) in [5, 5.41) is 3.18. The highest BCUT2D eigenvalue weighted by Gasteiger charge is 2.46. The zero-order valence-corrected chi connectivity index (χ0v) is 15.4. The lowest BCUT2D eigenvalue weighted by atomic mass is 9.73. The molecule has 2 aliphatic heterocycles. The van der Waals surface area contributed by atoms with Gasteiger partial charge >= 0.3 is 0 Å². The first kappa shape index (κ1) is 17.8. The smallest absolute Gasteiger partial charge is 0.248 e. The number of thiazole rings is 1. The van der Waals surface area contributed by atoms with Crippen LogP contribution in [0.2, 0.25) is 0 Å². The zero-order valence-electron chi connectivity index (χ0n) is 14.6. The fourth-order valence-electron chi connectivity index (χ4n) is 3.72. The molecule has 0 bridgehead atoms. The van der Waals surface area contributed by atoms with E-state index in [4.69, 9.17) is 9.47 Å². The van der Waals surface area contributed by atoms with Crippen molar-refractivity contribution in [3.05, 3.63) is 16.6 Å². The molecule has 134 valence electrons. The van der Waals surface area contributed by atoms with E-state index in [-0.39, 0.29) is 24.0 Å². The second-order valence-corrected chi connectivity index (χ2v) is 8.01. The van der Waals surface area contributed by atoms with Crippen molar-refractivity contribution < 1.29 is 14.3 Å². The van der Waals surface area contributed by atoms with Crippen LogP contribution in [0.5, 0.6) is 0 Å². The van der Waals surface area contributed by atoms with Gasteiger partial charge in [0.15, 0.2) is 0 Å². The first-order valence-electron chi connectivity index (χ1n) is 8.59. The van der Waals surface area contributed by atoms with Crippen LogP contribution in [-0.2, 0) is 20.8 Å². The van der Waals surface area contributed by atoms with Gasteiger partial charge in [-0.15, -0.1) is 11.3 Å². The second kappa shape index (κ2) is 7.91. The van der Waals surface area contributed by atoms with Crippen LogP contribution in [0.25, 0.3) is 0 Å². The number of nitrogens with zero attached hydrogens (tertiary/aromatic N) is 3. The van der Waals surface area contributed by atoms with Crippen LogP contribution < -0.4 is 0 Å². The monoisotopic (exact) mass is 353 g/mol. The van der Waals surface area contributed by atoms with Gasteiger partial charge in [0.05, 0.1) is 19.3 Å². The van der Waals surface area contributed by atoms with Gasteiger partial charge in [0.1, 0.15) is 11.6 Å². The Morgan fingerprint density at radius 2 is 2.46 bits per heavy atom. The fraction of sp³-hybridized carbons (Fsp3) is 0.765. The second-order valence-electron chi connectivity index (χ2n) is 7.03. The molecule has 0 aliphatic carbocycles. The Hall–Kier alpha value is -1.02. The number of piperidine rings is 1. The first-order valence-corrected chi connectivity index (χ1v) is 9.47. The summed E-state index contributed by atoms with van der Waals surface area (Å²) in [6.07, 6.45) is 5.29. The van der Waals surface area contributed by atoms with Crippen molar-refractivity contribution >= 4 is 17.2 Å². The van der Waals surface area contributed by atoms with Gasteiger partial charge in [-0.25, -0.2) is 4.98 Å². The van der Waals surface area contributed by atoms with Crippen molar-refractivity contribution in [1.29, 1.82) is 0 Å². The molecule has 0 aromatic carbocycles. The minimum atomic E-state index is 0.000350. The lowest BCUT2D eigenvalue weighted by molar-refractivity contribution is -0.160. The summed E-state index contributed by atoms with van der Waals surface area (Å²) in [5.74, 6) is 0.00938. The molecule has 7 heteroatoms. The Labute approximate surface area is 147 Å². The summed E-state index contributed by atoms with van der Waals surface area (Å²) in [5.41, 5.74) is 0.000350. The van der Waals surface area contributed by atoms with E-state index in [9.17, 15) is 4.79 Å². The summed E-state index contributed by atoms with van der Waals surface area (Å²) in [6.45, 7) is 4.45. The van der Waals surface area contributed by atoms with Gasteiger partial charge in [0, 0.05) is 50.8 Å². The molecule has 1 amide bonds. The summed E-state index contributed by atoms with van der Waals surface area (Å²) in [6, 6.07) is 0. The van der Waals surface area contributed by atoms with Crippen molar-refractivity contribution in [1.82, 2.24) is 14.8 Å². The van der Waals surface area contributed by atoms with Crippen LogP contribution in [0.1, 0.15) is 24.3 Å². The molecule has 24 heavy (non-hydrogen) atoms. The number of likely N-dealkylation sites (tertiary alicyclic amines) is 1. The Kier molecular flexibility index (Phi) is 5.86. The summed E-state index contributed by atoms with van der Waals surface area (Å²) >= 11 is 1.70. The van der Waals surface area contributed by atoms with Gasteiger partial charge in [0.2, 0.25) is 5.91 Å². The van der Waals surface area contributed by atoms with Crippen LogP contribution in [0.4, 0.5) is 0 Å². The lowest BCUT2D eigenvalue weighted by Gasteiger charge is -2.50. The molecular formula is C17H27N3O3S. The van der Waals surface area contributed by atoms with E-state index in [0.29, 0.717) is 6.61 Å². The van der Waals surface area contributed by atoms with Crippen molar-refractivity contribution in [2.45, 2.75) is 31.9 Å². The van der Waals surface area contributed by atoms with Crippen LogP contribution in [-0.4, -0.2) is 73.8 Å². The number of hydrogen-bond acceptors (Lipinski definition) is 6. The average Bonchev–Trinajstić information content (AvgIpc) is 3.07. The Morgan fingerprint density at radius 1 is 1.58 bits per heavy atom. The topological polar surface area (TPSA) is 54.9 Å². The van der Waals surface area contributed by atoms with Crippen molar-refractivity contribution in [2.75, 3.05) is 47.0 Å². The zero-order chi connectivity index (χ0) is 17.0. The highest BCUT2D eigenvalue weighted by molar-refractivity contribution is 7.09. The molecule has 2 atom stereocenters. The molecule has 2 aliphatic rings. The van der Waals surface area contributed by atoms with E-state index < -0.39 is 0 Å². The van der Waals surface area contributed by atoms with E-state index in [1.807, 2.05) is 11.6 Å². The predicted molar refractivity (Wildman–Crippen MR) is 92.9 cm³/mol. The molecule has 3 rings (SSSR count). The SMILES string of the molecule is CN(C)C(=O)COC[C@]12CCCO[C@H]1CCN(Cc1nccs1)C2. The quantitative estimate of drug-likeness (QED) is 0.778. The standard InChI is InChI=1S/C17H27N3O3S/c1-19(2)16(21)11-22-13-17-5-3-8-23-14(17)4-7-20(12-17)10-15-18-6-9-24-15/h6,9,14H,3-5,7-8,10-13H2,1-2H3/t14-,17+/m0/s1. The average molecular weight is 353 g/mol. The molecule has 6 nitrogen and oxygen atoms in total. The van der Waals surface area contributed by atoms with Gasteiger partial charge in [-0.2, -0.15) is 0 Å². The number of aromatic nitrogens is 1. The summed E-state index contributed by atoms with van der Waals surface area (Å²) in [7, 11) is 3.51. The number of amides is 1. The van der Waals surface area contributed by atoms with E-state index >= 15 is 0 Å². The van der Waals surface area contributed by atoms with Gasteiger partial charge in [-0.1, -0.05) is 0 Å². The molecule has 0 unspecified atom stereocenters. The first-order chi connectivity index (χ1) is 11.6. The van der Waals surface area contributed by atoms with Crippen molar-refractivity contribution in [3.8, 4) is 0 Å². The molecule has 1 aromatic rings. The van der Waals surface area contributed by atoms with Crippen molar-refractivity contribution in [3.63, 3.8) is 0 Å². The molecule has 0 radical (unpaired) electrons. The molecule has 3 heterocycles. The van der Waals surface area contributed by atoms with E-state index in [1.165, 1.54) is 0 Å². The van der Waals surface area contributed by atoms with E-state index in [1.54, 1.807) is 30.3 Å². The third kappa shape index (κ3) is 4.14. The Bertz CT molecular complexity index is 537. The van der Waals surface area contributed by atoms with E-state index in [0.717, 1.165) is 50.5 Å². The molecule has 0 spiro atoms. The lowest BCUT2D eigenvalue weighted by Crippen LogP contribution is -2.56. The number of carbonyl (C=O) groups excluding carboxylic acids is 1. The summed E-state index contributed by atoms with van der Waals surface area (Å²) < 4.78 is 11.9. The highest BCUT2D eigenvalue weighted by atomic mass is 32.1. The number of rotatable bonds is 6. The highest BCUT2D eigenvalue weighted by Crippen LogP contribution is 2.40. The minimum absolute atomic E-state index is 0.000350. The molecule has 0 N–H and O–H groups in total. The van der Waals surface area contributed by atoms with E-state index in [2.05, 4.69) is 9.88 Å². The van der Waals surface area contributed by atoms with Crippen LogP contribution in [0.3, 0.4) is 0 Å². The Morgan fingerprint density at radius 3 is 3.21 bits per heavy atom. The molecular weight excluding hydrogens is 326 g/mol. The third-order valence-electron chi connectivity index (χ3n) is 5.02. The third-order valence-corrected chi connectivity index (χ3v) is 5.79. The largest absolute Gasteiger partial charge is 0.377 e. The maximum absolute atomic E-state index is 11.8. The predicted octanol–water partition coefficient (Wildman–Crippen LogP) is 1.62. The van der Waals surface area contributed by atoms with Crippen molar-refractivity contribution in [2.24, 2.45) is 5.41 Å². The maximum Gasteiger partial charge on any atom is 0.248 e. The number of likely N-dealkylation sites (N-methyl/N-ethyl adjacent to an activating group) is 1. The van der Waals surface area contributed by atoms with Gasteiger partial charge in [-0.05, 0) is 19.3 Å². The fourth-order valence-corrected chi connectivity index (χ4v) is 4.38. The van der Waals surface area contributed by atoms with Crippen LogP contribution >= 0.6 is 11.3 Å².